The molecule has 1 heterocycles. The molecule has 1 rings (SSSR count). The van der Waals surface area contributed by atoms with Gasteiger partial charge in [0.25, 0.3) is 0 Å². The van der Waals surface area contributed by atoms with Crippen LogP contribution in [0.15, 0.2) is 4.79 Å². The number of aromatic amines is 1. The first-order chi connectivity index (χ1) is 7.04. The van der Waals surface area contributed by atoms with E-state index >= 15 is 0 Å². The summed E-state index contributed by atoms with van der Waals surface area (Å²) in [6, 6.07) is 0. The minimum absolute atomic E-state index is 0.134. The molecule has 0 aliphatic heterocycles. The Kier molecular flexibility index (Phi) is 3.56. The van der Waals surface area contributed by atoms with Crippen LogP contribution in [0.5, 0.6) is 0 Å². The fraction of sp³-hybridized carbons (Fsp3) is 0.444. The van der Waals surface area contributed by atoms with Gasteiger partial charge in [-0.25, -0.2) is 10.3 Å². The maximum absolute atomic E-state index is 11.2. The molecule has 2 N–H and O–H groups in total. The van der Waals surface area contributed by atoms with Crippen LogP contribution >= 0.6 is 0 Å². The Bertz CT molecular complexity index is 399. The standard InChI is InChI=1S/C9H13N3O3/c1-5-7(4-8(13)12-15-3)6(2)11-9(14)10-5/h4H2,1-3H3,(H,12,13)(H,10,11,14). The molecule has 1 aromatic rings. The summed E-state index contributed by atoms with van der Waals surface area (Å²) in [5.41, 5.74) is 3.72. The average molecular weight is 211 g/mol. The van der Waals surface area contributed by atoms with Crippen molar-refractivity contribution in [3.05, 3.63) is 27.4 Å². The van der Waals surface area contributed by atoms with Gasteiger partial charge in [0.1, 0.15) is 0 Å². The monoisotopic (exact) mass is 211 g/mol. The van der Waals surface area contributed by atoms with Crippen molar-refractivity contribution in [1.82, 2.24) is 15.4 Å². The van der Waals surface area contributed by atoms with Crippen molar-refractivity contribution in [3.63, 3.8) is 0 Å². The number of nitrogens with zero attached hydrogens (tertiary/aromatic N) is 1. The Balaban J connectivity index is 2.95. The van der Waals surface area contributed by atoms with Gasteiger partial charge in [-0.2, -0.15) is 4.98 Å². The highest BCUT2D eigenvalue weighted by atomic mass is 16.6. The molecule has 0 fully saturated rings. The van der Waals surface area contributed by atoms with Crippen molar-refractivity contribution >= 4 is 5.91 Å². The molecule has 0 saturated heterocycles. The van der Waals surface area contributed by atoms with Crippen LogP contribution in [-0.2, 0) is 16.1 Å². The van der Waals surface area contributed by atoms with Crippen LogP contribution in [0, 0.1) is 13.8 Å². The SMILES string of the molecule is CONC(=O)Cc1c(C)nc(=O)[nH]c1C. The third-order valence-electron chi connectivity index (χ3n) is 2.01. The molecule has 0 bridgehead atoms. The first-order valence-electron chi connectivity index (χ1n) is 4.42. The molecule has 1 amide bonds. The summed E-state index contributed by atoms with van der Waals surface area (Å²) in [6.07, 6.45) is 0.134. The van der Waals surface area contributed by atoms with E-state index in [1.165, 1.54) is 7.11 Å². The summed E-state index contributed by atoms with van der Waals surface area (Å²) in [5.74, 6) is -0.280. The van der Waals surface area contributed by atoms with E-state index in [1.807, 2.05) is 0 Å². The van der Waals surface area contributed by atoms with Gasteiger partial charge in [0.2, 0.25) is 5.91 Å². The number of carbonyl (C=O) groups excluding carboxylic acids is 1. The smallest absolute Gasteiger partial charge is 0.310 e. The third kappa shape index (κ3) is 2.88. The van der Waals surface area contributed by atoms with E-state index in [0.717, 1.165) is 0 Å². The zero-order valence-electron chi connectivity index (χ0n) is 8.88. The Morgan fingerprint density at radius 2 is 2.20 bits per heavy atom. The zero-order valence-corrected chi connectivity index (χ0v) is 8.88. The fourth-order valence-electron chi connectivity index (χ4n) is 1.33. The van der Waals surface area contributed by atoms with Crippen molar-refractivity contribution in [1.29, 1.82) is 0 Å². The second-order valence-corrected chi connectivity index (χ2v) is 3.14. The van der Waals surface area contributed by atoms with Crippen molar-refractivity contribution in [2.45, 2.75) is 20.3 Å². The van der Waals surface area contributed by atoms with Gasteiger partial charge in [-0.1, -0.05) is 0 Å². The summed E-state index contributed by atoms with van der Waals surface area (Å²) in [6.45, 7) is 3.42. The summed E-state index contributed by atoms with van der Waals surface area (Å²) in [5, 5.41) is 0. The second kappa shape index (κ2) is 4.70. The summed E-state index contributed by atoms with van der Waals surface area (Å²) < 4.78 is 0. The lowest BCUT2D eigenvalue weighted by atomic mass is 10.1. The predicted octanol–water partition coefficient (Wildman–Crippen LogP) is -0.393. The predicted molar refractivity (Wildman–Crippen MR) is 53.2 cm³/mol. The maximum Gasteiger partial charge on any atom is 0.345 e. The van der Waals surface area contributed by atoms with Crippen molar-refractivity contribution < 1.29 is 9.63 Å². The van der Waals surface area contributed by atoms with Gasteiger partial charge in [-0.05, 0) is 13.8 Å². The Hall–Kier alpha value is -1.69. The van der Waals surface area contributed by atoms with E-state index < -0.39 is 5.69 Å². The highest BCUT2D eigenvalue weighted by molar-refractivity contribution is 5.77. The molecule has 6 heteroatoms. The maximum atomic E-state index is 11.2. The highest BCUT2D eigenvalue weighted by Gasteiger charge is 2.10. The van der Waals surface area contributed by atoms with E-state index in [0.29, 0.717) is 17.0 Å². The molecule has 0 aromatic carbocycles. The van der Waals surface area contributed by atoms with E-state index in [9.17, 15) is 9.59 Å². The molecule has 0 aliphatic carbocycles. The Morgan fingerprint density at radius 1 is 1.53 bits per heavy atom. The van der Waals surface area contributed by atoms with Crippen LogP contribution in [-0.4, -0.2) is 23.0 Å². The topological polar surface area (TPSA) is 84.1 Å². The molecule has 0 atom stereocenters. The van der Waals surface area contributed by atoms with Gasteiger partial charge in [-0.15, -0.1) is 0 Å². The molecule has 0 radical (unpaired) electrons. The van der Waals surface area contributed by atoms with Crippen LogP contribution in [0.1, 0.15) is 17.0 Å². The van der Waals surface area contributed by atoms with Gasteiger partial charge < -0.3 is 4.98 Å². The first-order valence-corrected chi connectivity index (χ1v) is 4.42. The van der Waals surface area contributed by atoms with Gasteiger partial charge in [0.15, 0.2) is 0 Å². The van der Waals surface area contributed by atoms with Gasteiger partial charge in [0, 0.05) is 17.0 Å². The van der Waals surface area contributed by atoms with E-state index in [4.69, 9.17) is 0 Å². The quantitative estimate of drug-likeness (QED) is 0.667. The number of hydrogen-bond donors (Lipinski definition) is 2. The van der Waals surface area contributed by atoms with Crippen LogP contribution in [0.4, 0.5) is 0 Å². The Morgan fingerprint density at radius 3 is 2.73 bits per heavy atom. The number of aromatic nitrogens is 2. The lowest BCUT2D eigenvalue weighted by molar-refractivity contribution is -0.130. The van der Waals surface area contributed by atoms with E-state index in [2.05, 4.69) is 20.3 Å². The fourth-order valence-corrected chi connectivity index (χ4v) is 1.33. The number of nitrogens with one attached hydrogen (secondary N) is 2. The summed E-state index contributed by atoms with van der Waals surface area (Å²) in [4.78, 5) is 33.0. The lowest BCUT2D eigenvalue weighted by Gasteiger charge is -2.07. The molecule has 0 unspecified atom stereocenters. The third-order valence-corrected chi connectivity index (χ3v) is 2.01. The van der Waals surface area contributed by atoms with E-state index in [-0.39, 0.29) is 12.3 Å². The molecule has 0 aliphatic rings. The Labute approximate surface area is 86.6 Å². The van der Waals surface area contributed by atoms with Crippen LogP contribution in [0.2, 0.25) is 0 Å². The average Bonchev–Trinajstić information content (AvgIpc) is 2.11. The summed E-state index contributed by atoms with van der Waals surface area (Å²) >= 11 is 0. The van der Waals surface area contributed by atoms with E-state index in [1.54, 1.807) is 13.8 Å². The number of H-pyrrole nitrogens is 1. The minimum Gasteiger partial charge on any atom is -0.310 e. The summed E-state index contributed by atoms with van der Waals surface area (Å²) in [7, 11) is 1.36. The molecule has 0 saturated carbocycles. The molecular formula is C9H13N3O3. The number of hydroxylamine groups is 1. The number of hydrogen-bond acceptors (Lipinski definition) is 4. The van der Waals surface area contributed by atoms with Crippen LogP contribution < -0.4 is 11.2 Å². The van der Waals surface area contributed by atoms with Crippen LogP contribution in [0.3, 0.4) is 0 Å². The number of rotatable bonds is 3. The minimum atomic E-state index is -0.402. The molecule has 82 valence electrons. The number of aryl methyl sites for hydroxylation is 2. The number of amides is 1. The first kappa shape index (κ1) is 11.4. The van der Waals surface area contributed by atoms with Crippen molar-refractivity contribution in [3.8, 4) is 0 Å². The van der Waals surface area contributed by atoms with Crippen molar-refractivity contribution in [2.24, 2.45) is 0 Å². The second-order valence-electron chi connectivity index (χ2n) is 3.14. The zero-order chi connectivity index (χ0) is 11.4. The molecule has 6 nitrogen and oxygen atoms in total. The van der Waals surface area contributed by atoms with Crippen LogP contribution in [0.25, 0.3) is 0 Å². The largest absolute Gasteiger partial charge is 0.345 e. The number of carbonyl (C=O) groups is 1. The molecule has 15 heavy (non-hydrogen) atoms. The molecular weight excluding hydrogens is 198 g/mol. The molecule has 1 aromatic heterocycles. The molecule has 0 spiro atoms. The highest BCUT2D eigenvalue weighted by Crippen LogP contribution is 2.07. The van der Waals surface area contributed by atoms with Gasteiger partial charge in [-0.3, -0.25) is 9.63 Å². The van der Waals surface area contributed by atoms with Gasteiger partial charge in [0.05, 0.1) is 13.5 Å². The van der Waals surface area contributed by atoms with Crippen molar-refractivity contribution in [2.75, 3.05) is 7.11 Å². The van der Waals surface area contributed by atoms with Gasteiger partial charge >= 0.3 is 5.69 Å². The normalized spacial score (nSPS) is 10.1. The lowest BCUT2D eigenvalue weighted by Crippen LogP contribution is -2.26.